The molecular formula is C46H40Cl2GeZr-2. The van der Waals surface area contributed by atoms with E-state index in [9.17, 15) is 0 Å². The molecule has 0 amide bonds. The van der Waals surface area contributed by atoms with E-state index in [1.54, 1.807) is 30.4 Å². The molecular weight excluding hydrogens is 787 g/mol. The number of benzene rings is 6. The molecule has 248 valence electrons. The molecule has 0 heterocycles. The number of hydrogen-bond donors (Lipinski definition) is 0. The van der Waals surface area contributed by atoms with E-state index in [1.807, 2.05) is 0 Å². The summed E-state index contributed by atoms with van der Waals surface area (Å²) in [7, 11) is -1.11. The van der Waals surface area contributed by atoms with Gasteiger partial charge < -0.3 is 24.8 Å². The van der Waals surface area contributed by atoms with Crippen LogP contribution in [-0.4, -0.2) is 9.98 Å². The van der Waals surface area contributed by atoms with E-state index in [-0.39, 0.29) is 24.8 Å². The first kappa shape index (κ1) is 39.6. The molecule has 0 saturated heterocycles. The van der Waals surface area contributed by atoms with Crippen LogP contribution >= 0.6 is 0 Å². The van der Waals surface area contributed by atoms with Crippen molar-refractivity contribution in [2.45, 2.75) is 27.7 Å². The first-order valence-corrected chi connectivity index (χ1v) is 26.2. The summed E-state index contributed by atoms with van der Waals surface area (Å²) >= 11 is 1.71. The Balaban J connectivity index is 0.000000166. The number of halogens is 2. The van der Waals surface area contributed by atoms with Gasteiger partial charge in [-0.3, -0.25) is 12.2 Å². The van der Waals surface area contributed by atoms with Crippen LogP contribution in [0.5, 0.6) is 0 Å². The molecule has 2 atom stereocenters. The van der Waals surface area contributed by atoms with Crippen molar-refractivity contribution in [2.24, 2.45) is 11.8 Å². The third kappa shape index (κ3) is 9.98. The average Bonchev–Trinajstić information content (AvgIpc) is 3.66. The van der Waals surface area contributed by atoms with Crippen LogP contribution < -0.4 is 33.6 Å². The van der Waals surface area contributed by atoms with E-state index in [2.05, 4.69) is 198 Å². The zero-order chi connectivity index (χ0) is 33.5. The first-order valence-electron chi connectivity index (χ1n) is 16.7. The van der Waals surface area contributed by atoms with Crippen molar-refractivity contribution in [1.29, 1.82) is 0 Å². The Labute approximate surface area is 326 Å². The molecule has 0 nitrogen and oxygen atoms in total. The Morgan fingerprint density at radius 2 is 0.800 bits per heavy atom. The summed E-state index contributed by atoms with van der Waals surface area (Å²) in [6.07, 6.45) is 11.5. The van der Waals surface area contributed by atoms with Gasteiger partial charge in [0.25, 0.3) is 0 Å². The van der Waals surface area contributed by atoms with Crippen molar-refractivity contribution in [3.8, 4) is 0 Å². The summed E-state index contributed by atoms with van der Waals surface area (Å²) < 4.78 is 3.16. The van der Waals surface area contributed by atoms with Gasteiger partial charge in [0.1, 0.15) is 0 Å². The monoisotopic (exact) mass is 826 g/mol. The molecule has 0 aromatic heterocycles. The van der Waals surface area contributed by atoms with E-state index >= 15 is 0 Å². The minimum atomic E-state index is -1.11. The van der Waals surface area contributed by atoms with Crippen molar-refractivity contribution in [1.82, 2.24) is 0 Å². The van der Waals surface area contributed by atoms with E-state index in [0.29, 0.717) is 11.8 Å². The Morgan fingerprint density at radius 3 is 1.14 bits per heavy atom. The number of fused-ring (bicyclic) bond motifs is 2. The topological polar surface area (TPSA) is 0 Å². The number of allylic oxidation sites excluding steroid dienone is 8. The summed E-state index contributed by atoms with van der Waals surface area (Å²) in [5.74, 6) is 0.882. The molecule has 0 aliphatic heterocycles. The fraction of sp³-hybridized carbons (Fsp3) is 0.130. The second kappa shape index (κ2) is 18.9. The number of hydrogen-bond acceptors (Lipinski definition) is 0. The molecule has 0 bridgehead atoms. The molecule has 0 N–H and O–H groups in total. The molecule has 6 aromatic carbocycles. The normalized spacial score (nSPS) is 15.9. The second-order valence-corrected chi connectivity index (χ2v) is 22.9. The van der Waals surface area contributed by atoms with Gasteiger partial charge in [-0.05, 0) is 21.5 Å². The van der Waals surface area contributed by atoms with Gasteiger partial charge in [0.15, 0.2) is 0 Å². The van der Waals surface area contributed by atoms with Gasteiger partial charge in [-0.15, -0.1) is 0 Å². The van der Waals surface area contributed by atoms with Crippen molar-refractivity contribution >= 4 is 51.5 Å². The quantitative estimate of drug-likeness (QED) is 0.181. The van der Waals surface area contributed by atoms with Crippen molar-refractivity contribution in [2.75, 3.05) is 0 Å². The Hall–Kier alpha value is -3.19. The fourth-order valence-corrected chi connectivity index (χ4v) is 13.6. The van der Waals surface area contributed by atoms with Crippen molar-refractivity contribution in [3.63, 3.8) is 0 Å². The first-order chi connectivity index (χ1) is 23.4. The van der Waals surface area contributed by atoms with E-state index < -0.39 is 9.98 Å². The molecule has 2 unspecified atom stereocenters. The number of rotatable bonds is 4. The van der Waals surface area contributed by atoms with Crippen LogP contribution in [0.25, 0.3) is 32.7 Å². The summed E-state index contributed by atoms with van der Waals surface area (Å²) in [6.45, 7) is 8.64. The maximum atomic E-state index is 3.44. The SMILES string of the molecule is CC1=[C-]C(C)C=C1c1ccc2ccccc2c1.CC1=[C-]C(C)C=C1c1ccc2ccccc2c1.[Cl-].[Cl-].[Zr+2]=[Ge]([c]1ccccc1)[c]1ccccc1. The van der Waals surface area contributed by atoms with Crippen LogP contribution in [0.2, 0.25) is 0 Å². The van der Waals surface area contributed by atoms with Gasteiger partial charge in [-0.1, -0.05) is 136 Å². The van der Waals surface area contributed by atoms with Crippen LogP contribution in [0.4, 0.5) is 0 Å². The van der Waals surface area contributed by atoms with Gasteiger partial charge in [-0.25, -0.2) is 11.1 Å². The predicted molar refractivity (Wildman–Crippen MR) is 205 cm³/mol. The van der Waals surface area contributed by atoms with E-state index in [1.165, 1.54) is 55.0 Å². The van der Waals surface area contributed by atoms with Crippen molar-refractivity contribution in [3.05, 3.63) is 192 Å². The van der Waals surface area contributed by atoms with Crippen LogP contribution in [0.1, 0.15) is 38.8 Å². The fourth-order valence-electron chi connectivity index (χ4n) is 6.39. The maximum absolute atomic E-state index is 3.44. The van der Waals surface area contributed by atoms with Crippen LogP contribution in [0.15, 0.2) is 169 Å². The second-order valence-electron chi connectivity index (χ2n) is 12.5. The molecule has 6 aromatic rings. The van der Waals surface area contributed by atoms with Crippen LogP contribution in [-0.2, 0) is 21.6 Å². The molecule has 2 aliphatic rings. The van der Waals surface area contributed by atoms with E-state index in [4.69, 9.17) is 0 Å². The standard InChI is InChI=1S/2C17H15.C12H10Ge.2ClH.Zr/c2*1-12-9-13(2)17(10-12)16-8-7-14-5-3-4-6-15(14)11-16;1-3-7-11(8-4-1)13-12-9-5-2-6-10-12;;;/h2*3-8,10-12H,1-2H3;1-10H;2*1H;/q2*-1;;;;+2/p-2. The molecule has 0 saturated carbocycles. The third-order valence-electron chi connectivity index (χ3n) is 8.78. The average molecular weight is 828 g/mol. The molecule has 50 heavy (non-hydrogen) atoms. The third-order valence-corrected chi connectivity index (χ3v) is 20.0. The van der Waals surface area contributed by atoms with Crippen LogP contribution in [0, 0.1) is 24.0 Å². The van der Waals surface area contributed by atoms with Crippen LogP contribution in [0.3, 0.4) is 0 Å². The molecule has 2 aliphatic carbocycles. The summed E-state index contributed by atoms with van der Waals surface area (Å²) in [5.41, 5.74) is 7.82. The van der Waals surface area contributed by atoms with Crippen molar-refractivity contribution < 1.29 is 46.4 Å². The molecule has 0 spiro atoms. The summed E-state index contributed by atoms with van der Waals surface area (Å²) in [5, 5.41) is 5.21. The van der Waals surface area contributed by atoms with Gasteiger partial charge >= 0.3 is 101 Å². The van der Waals surface area contributed by atoms with E-state index in [0.717, 1.165) is 0 Å². The molecule has 8 rings (SSSR count). The predicted octanol–water partition coefficient (Wildman–Crippen LogP) is 4.59. The Morgan fingerprint density at radius 1 is 0.460 bits per heavy atom. The minimum absolute atomic E-state index is 0. The molecule has 0 radical (unpaired) electrons. The zero-order valence-corrected chi connectivity index (χ0v) is 35.0. The summed E-state index contributed by atoms with van der Waals surface area (Å²) in [4.78, 5) is 0. The molecule has 4 heteroatoms. The molecule has 0 fully saturated rings. The van der Waals surface area contributed by atoms with Gasteiger partial charge in [0.2, 0.25) is 0 Å². The van der Waals surface area contributed by atoms with Gasteiger partial charge in [0, 0.05) is 0 Å². The Kier molecular flexibility index (Phi) is 14.9. The Bertz CT molecular complexity index is 2040. The van der Waals surface area contributed by atoms with Gasteiger partial charge in [-0.2, -0.15) is 23.3 Å². The van der Waals surface area contributed by atoms with Gasteiger partial charge in [0.05, 0.1) is 0 Å². The summed E-state index contributed by atoms with van der Waals surface area (Å²) in [6, 6.07) is 52.2. The zero-order valence-electron chi connectivity index (χ0n) is 28.9.